The summed E-state index contributed by atoms with van der Waals surface area (Å²) in [4.78, 5) is 4.39. The Balaban J connectivity index is 1.64. The number of methoxy groups -OCH3 is 1. The second-order valence-electron chi connectivity index (χ2n) is 7.50. The number of hydrogen-bond acceptors (Lipinski definition) is 6. The van der Waals surface area contributed by atoms with Crippen LogP contribution >= 0.6 is 0 Å². The summed E-state index contributed by atoms with van der Waals surface area (Å²) in [6, 6.07) is 19.7. The standard InChI is InChI=1S/C25H23FN2O4S/c1-17-3-13-22(14-4-17)33(29,30)25-24(27-16-15-18-5-11-21(31-2)12-6-18)32-23(28-25)19-7-9-20(26)10-8-19/h3-14,27H,15-16H2,1-2H3. The molecule has 0 spiro atoms. The number of aryl methyl sites for hydroxylation is 1. The highest BCUT2D eigenvalue weighted by molar-refractivity contribution is 7.91. The normalized spacial score (nSPS) is 11.4. The maximum Gasteiger partial charge on any atom is 0.233 e. The Kier molecular flexibility index (Phi) is 6.46. The summed E-state index contributed by atoms with van der Waals surface area (Å²) in [5.74, 6) is 0.490. The van der Waals surface area contributed by atoms with E-state index in [-0.39, 0.29) is 21.7 Å². The second kappa shape index (κ2) is 9.46. The number of anilines is 1. The van der Waals surface area contributed by atoms with Crippen molar-refractivity contribution in [3.63, 3.8) is 0 Å². The van der Waals surface area contributed by atoms with Crippen LogP contribution in [0.25, 0.3) is 11.5 Å². The van der Waals surface area contributed by atoms with Crippen molar-refractivity contribution in [1.82, 2.24) is 4.98 Å². The summed E-state index contributed by atoms with van der Waals surface area (Å²) in [5, 5.41) is 2.86. The number of rotatable bonds is 8. The average molecular weight is 467 g/mol. The zero-order chi connectivity index (χ0) is 23.4. The van der Waals surface area contributed by atoms with Crippen molar-refractivity contribution in [2.75, 3.05) is 19.0 Å². The second-order valence-corrected chi connectivity index (χ2v) is 9.37. The Morgan fingerprint density at radius 1 is 0.970 bits per heavy atom. The molecule has 1 heterocycles. The predicted molar refractivity (Wildman–Crippen MR) is 124 cm³/mol. The van der Waals surface area contributed by atoms with Crippen LogP contribution in [0.5, 0.6) is 5.75 Å². The van der Waals surface area contributed by atoms with Crippen molar-refractivity contribution in [3.8, 4) is 17.2 Å². The number of hydrogen-bond donors (Lipinski definition) is 1. The molecule has 0 aliphatic rings. The number of aromatic nitrogens is 1. The summed E-state index contributed by atoms with van der Waals surface area (Å²) in [6.07, 6.45) is 0.626. The fourth-order valence-corrected chi connectivity index (χ4v) is 4.54. The van der Waals surface area contributed by atoms with Gasteiger partial charge in [-0.05, 0) is 67.4 Å². The van der Waals surface area contributed by atoms with Gasteiger partial charge in [-0.3, -0.25) is 0 Å². The fourth-order valence-electron chi connectivity index (χ4n) is 3.26. The van der Waals surface area contributed by atoms with Crippen LogP contribution in [0, 0.1) is 12.7 Å². The van der Waals surface area contributed by atoms with Crippen LogP contribution in [-0.2, 0) is 16.3 Å². The van der Waals surface area contributed by atoms with E-state index in [1.54, 1.807) is 19.2 Å². The number of halogens is 1. The Morgan fingerprint density at radius 3 is 2.27 bits per heavy atom. The van der Waals surface area contributed by atoms with Gasteiger partial charge in [0.1, 0.15) is 11.6 Å². The van der Waals surface area contributed by atoms with Gasteiger partial charge in [-0.1, -0.05) is 29.8 Å². The van der Waals surface area contributed by atoms with Gasteiger partial charge in [-0.25, -0.2) is 12.8 Å². The molecule has 1 N–H and O–H groups in total. The minimum Gasteiger partial charge on any atom is -0.497 e. The van der Waals surface area contributed by atoms with Crippen molar-refractivity contribution < 1.29 is 22.0 Å². The topological polar surface area (TPSA) is 81.4 Å². The van der Waals surface area contributed by atoms with E-state index in [0.29, 0.717) is 18.5 Å². The SMILES string of the molecule is COc1ccc(CCNc2oc(-c3ccc(F)cc3)nc2S(=O)(=O)c2ccc(C)cc2)cc1. The monoisotopic (exact) mass is 466 g/mol. The van der Waals surface area contributed by atoms with E-state index in [1.807, 2.05) is 31.2 Å². The van der Waals surface area contributed by atoms with Crippen LogP contribution in [0.2, 0.25) is 0 Å². The van der Waals surface area contributed by atoms with Gasteiger partial charge in [0.25, 0.3) is 0 Å². The highest BCUT2D eigenvalue weighted by Crippen LogP contribution is 2.32. The number of nitrogens with one attached hydrogen (secondary N) is 1. The van der Waals surface area contributed by atoms with E-state index < -0.39 is 15.7 Å². The van der Waals surface area contributed by atoms with Crippen LogP contribution in [0.1, 0.15) is 11.1 Å². The number of nitrogens with zero attached hydrogens (tertiary/aromatic N) is 1. The van der Waals surface area contributed by atoms with Crippen LogP contribution < -0.4 is 10.1 Å². The molecule has 6 nitrogen and oxygen atoms in total. The van der Waals surface area contributed by atoms with Crippen molar-refractivity contribution in [1.29, 1.82) is 0 Å². The molecule has 4 rings (SSSR count). The first-order chi connectivity index (χ1) is 15.9. The smallest absolute Gasteiger partial charge is 0.233 e. The summed E-state index contributed by atoms with van der Waals surface area (Å²) in [6.45, 7) is 2.30. The first-order valence-corrected chi connectivity index (χ1v) is 11.8. The molecule has 0 unspecified atom stereocenters. The molecule has 0 amide bonds. The molecule has 0 saturated heterocycles. The zero-order valence-electron chi connectivity index (χ0n) is 18.2. The van der Waals surface area contributed by atoms with Gasteiger partial charge < -0.3 is 14.5 Å². The lowest BCUT2D eigenvalue weighted by atomic mass is 10.1. The highest BCUT2D eigenvalue weighted by atomic mass is 32.2. The molecule has 0 atom stereocenters. The summed E-state index contributed by atoms with van der Waals surface area (Å²) >= 11 is 0. The van der Waals surface area contributed by atoms with Gasteiger partial charge in [0.05, 0.1) is 12.0 Å². The number of ether oxygens (including phenoxy) is 1. The minimum atomic E-state index is -3.94. The summed E-state index contributed by atoms with van der Waals surface area (Å²) < 4.78 is 51.0. The molecule has 170 valence electrons. The molecule has 0 aliphatic carbocycles. The lowest BCUT2D eigenvalue weighted by Gasteiger charge is -2.07. The molecule has 0 radical (unpaired) electrons. The molecule has 0 fully saturated rings. The molecule has 0 aliphatic heterocycles. The minimum absolute atomic E-state index is 0.0448. The lowest BCUT2D eigenvalue weighted by molar-refractivity contribution is 0.414. The Hall–Kier alpha value is -3.65. The average Bonchev–Trinajstić information content (AvgIpc) is 3.25. The quantitative estimate of drug-likeness (QED) is 0.380. The van der Waals surface area contributed by atoms with E-state index in [0.717, 1.165) is 16.9 Å². The van der Waals surface area contributed by atoms with Crippen LogP contribution in [0.3, 0.4) is 0 Å². The van der Waals surface area contributed by atoms with E-state index >= 15 is 0 Å². The number of oxazole rings is 1. The largest absolute Gasteiger partial charge is 0.497 e. The van der Waals surface area contributed by atoms with Gasteiger partial charge in [0.2, 0.25) is 26.6 Å². The van der Waals surface area contributed by atoms with Crippen molar-refractivity contribution in [2.45, 2.75) is 23.3 Å². The Bertz CT molecular complexity index is 1330. The molecule has 1 aromatic heterocycles. The summed E-state index contributed by atoms with van der Waals surface area (Å²) in [5.41, 5.74) is 2.46. The number of sulfone groups is 1. The van der Waals surface area contributed by atoms with Crippen LogP contribution in [0.4, 0.5) is 10.3 Å². The maximum atomic E-state index is 13.3. The molecular weight excluding hydrogens is 443 g/mol. The third kappa shape index (κ3) is 5.06. The molecule has 8 heteroatoms. The lowest BCUT2D eigenvalue weighted by Crippen LogP contribution is -2.09. The van der Waals surface area contributed by atoms with Gasteiger partial charge in [0, 0.05) is 12.1 Å². The van der Waals surface area contributed by atoms with Gasteiger partial charge in [0.15, 0.2) is 0 Å². The molecular formula is C25H23FN2O4S. The van der Waals surface area contributed by atoms with E-state index in [4.69, 9.17) is 9.15 Å². The summed E-state index contributed by atoms with van der Waals surface area (Å²) in [7, 11) is -2.34. The van der Waals surface area contributed by atoms with Crippen LogP contribution in [0.15, 0.2) is 87.1 Å². The fraction of sp³-hybridized carbons (Fsp3) is 0.160. The molecule has 33 heavy (non-hydrogen) atoms. The predicted octanol–water partition coefficient (Wildman–Crippen LogP) is 5.29. The van der Waals surface area contributed by atoms with Crippen molar-refractivity contribution >= 4 is 15.7 Å². The first kappa shape index (κ1) is 22.5. The molecule has 0 saturated carbocycles. The zero-order valence-corrected chi connectivity index (χ0v) is 19.0. The van der Waals surface area contributed by atoms with E-state index in [1.165, 1.54) is 36.4 Å². The highest BCUT2D eigenvalue weighted by Gasteiger charge is 2.28. The van der Waals surface area contributed by atoms with Crippen molar-refractivity contribution in [3.05, 3.63) is 89.7 Å². The van der Waals surface area contributed by atoms with Crippen molar-refractivity contribution in [2.24, 2.45) is 0 Å². The number of benzene rings is 3. The third-order valence-corrected chi connectivity index (χ3v) is 6.81. The van der Waals surface area contributed by atoms with E-state index in [2.05, 4.69) is 10.3 Å². The molecule has 0 bridgehead atoms. The van der Waals surface area contributed by atoms with Gasteiger partial charge in [-0.15, -0.1) is 0 Å². The van der Waals surface area contributed by atoms with E-state index in [9.17, 15) is 12.8 Å². The Morgan fingerprint density at radius 2 is 1.64 bits per heavy atom. The molecule has 4 aromatic rings. The molecule has 3 aromatic carbocycles. The van der Waals surface area contributed by atoms with Crippen LogP contribution in [-0.4, -0.2) is 27.1 Å². The first-order valence-electron chi connectivity index (χ1n) is 10.3. The third-order valence-electron chi connectivity index (χ3n) is 5.13. The Labute approximate surface area is 192 Å². The van der Waals surface area contributed by atoms with Gasteiger partial charge in [-0.2, -0.15) is 4.98 Å². The van der Waals surface area contributed by atoms with Gasteiger partial charge >= 0.3 is 0 Å². The maximum absolute atomic E-state index is 13.3.